The molecule has 0 spiro atoms. The van der Waals surface area contributed by atoms with Gasteiger partial charge in [0.2, 0.25) is 0 Å². The number of allylic oxidation sites excluding steroid dienone is 2. The molecule has 0 amide bonds. The van der Waals surface area contributed by atoms with Crippen LogP contribution in [0.1, 0.15) is 56.6 Å². The first-order valence-corrected chi connectivity index (χ1v) is 11.2. The number of ether oxygens (including phenoxy) is 1. The summed E-state index contributed by atoms with van der Waals surface area (Å²) in [6, 6.07) is 11.0. The molecule has 4 fully saturated rings. The molecular weight excluding hydrogens is 372 g/mol. The fourth-order valence-corrected chi connectivity index (χ4v) is 6.89. The maximum Gasteiger partial charge on any atom is 0.328 e. The van der Waals surface area contributed by atoms with Gasteiger partial charge in [-0.05, 0) is 109 Å². The molecule has 0 saturated heterocycles. The number of hydrogen-bond acceptors (Lipinski definition) is 2. The normalized spacial score (nSPS) is 30.3. The Morgan fingerprint density at radius 1 is 1.03 bits per heavy atom. The third-order valence-corrected chi connectivity index (χ3v) is 7.68. The molecule has 0 radical (unpaired) electrons. The lowest BCUT2D eigenvalue weighted by atomic mass is 9.48. The Hall–Kier alpha value is -2.55. The molecule has 0 atom stereocenters. The Bertz CT molecular complexity index is 1020. The highest BCUT2D eigenvalue weighted by Gasteiger charge is 2.52. The van der Waals surface area contributed by atoms with Crippen molar-refractivity contribution in [2.75, 3.05) is 7.11 Å². The van der Waals surface area contributed by atoms with Crippen LogP contribution in [0.3, 0.4) is 0 Å². The number of aliphatic carboxylic acids is 1. The number of carbonyl (C=O) groups is 1. The number of hydrogen-bond donors (Lipinski definition) is 1. The fourth-order valence-electron chi connectivity index (χ4n) is 6.89. The average molecular weight is 403 g/mol. The topological polar surface area (TPSA) is 46.5 Å². The maximum absolute atomic E-state index is 10.8. The highest BCUT2D eigenvalue weighted by Crippen LogP contribution is 2.62. The van der Waals surface area contributed by atoms with E-state index in [4.69, 9.17) is 9.84 Å². The van der Waals surface area contributed by atoms with Gasteiger partial charge in [-0.3, -0.25) is 0 Å². The largest absolute Gasteiger partial charge is 0.496 e. The van der Waals surface area contributed by atoms with Crippen molar-refractivity contribution >= 4 is 22.8 Å². The fraction of sp³-hybridized carbons (Fsp3) is 0.444. The average Bonchev–Trinajstić information content (AvgIpc) is 2.69. The zero-order valence-electron chi connectivity index (χ0n) is 17.9. The Kier molecular flexibility index (Phi) is 4.72. The van der Waals surface area contributed by atoms with Gasteiger partial charge in [0, 0.05) is 11.6 Å². The summed E-state index contributed by atoms with van der Waals surface area (Å²) in [5, 5.41) is 11.3. The number of rotatable bonds is 5. The van der Waals surface area contributed by atoms with Crippen LogP contribution in [0.2, 0.25) is 0 Å². The van der Waals surface area contributed by atoms with Gasteiger partial charge in [-0.2, -0.15) is 0 Å². The highest BCUT2D eigenvalue weighted by atomic mass is 16.5. The first kappa shape index (κ1) is 19.4. The lowest BCUT2D eigenvalue weighted by Crippen LogP contribution is -2.48. The smallest absolute Gasteiger partial charge is 0.328 e. The molecule has 4 saturated carbocycles. The predicted molar refractivity (Wildman–Crippen MR) is 121 cm³/mol. The summed E-state index contributed by atoms with van der Waals surface area (Å²) >= 11 is 0. The highest BCUT2D eigenvalue weighted by molar-refractivity contribution is 5.88. The molecule has 1 N–H and O–H groups in total. The standard InChI is InChI=1S/C27H30O3/c1-17(7-26(28)29)3-4-18-5-6-22-13-25(30-2)24(12-23(22)11-18)27-14-19-8-20(15-27)10-21(9-19)16-27/h3-7,11-13,19-21H,8-10,14-16H2,1-2H3,(H,28,29). The van der Waals surface area contributed by atoms with Crippen molar-refractivity contribution in [3.63, 3.8) is 0 Å². The minimum Gasteiger partial charge on any atom is -0.496 e. The van der Waals surface area contributed by atoms with Gasteiger partial charge in [0.05, 0.1) is 7.11 Å². The molecule has 4 aliphatic carbocycles. The van der Waals surface area contributed by atoms with Gasteiger partial charge >= 0.3 is 5.97 Å². The molecule has 30 heavy (non-hydrogen) atoms. The Labute approximate surface area is 178 Å². The molecule has 4 bridgehead atoms. The van der Waals surface area contributed by atoms with Gasteiger partial charge in [-0.15, -0.1) is 0 Å². The number of carboxylic acid groups (broad SMARTS) is 1. The Balaban J connectivity index is 1.54. The summed E-state index contributed by atoms with van der Waals surface area (Å²) in [4.78, 5) is 10.8. The first-order valence-electron chi connectivity index (χ1n) is 11.2. The number of methoxy groups -OCH3 is 1. The lowest BCUT2D eigenvalue weighted by molar-refractivity contribution is -0.131. The van der Waals surface area contributed by atoms with Crippen LogP contribution in [0.25, 0.3) is 16.8 Å². The van der Waals surface area contributed by atoms with E-state index in [1.54, 1.807) is 7.11 Å². The summed E-state index contributed by atoms with van der Waals surface area (Å²) in [5.41, 5.74) is 3.52. The minimum atomic E-state index is -0.914. The van der Waals surface area contributed by atoms with E-state index in [0.29, 0.717) is 5.41 Å². The van der Waals surface area contributed by atoms with Crippen LogP contribution in [-0.2, 0) is 10.2 Å². The van der Waals surface area contributed by atoms with Gasteiger partial charge in [-0.1, -0.05) is 24.3 Å². The van der Waals surface area contributed by atoms with Crippen LogP contribution in [0, 0.1) is 17.8 Å². The van der Waals surface area contributed by atoms with Crippen molar-refractivity contribution in [2.24, 2.45) is 17.8 Å². The van der Waals surface area contributed by atoms with Crippen molar-refractivity contribution in [3.8, 4) is 5.75 Å². The SMILES string of the molecule is COc1cc2ccc(C=CC(C)=CC(=O)O)cc2cc1C12CC3CC(CC(C3)C1)C2. The quantitative estimate of drug-likeness (QED) is 0.467. The third-order valence-electron chi connectivity index (χ3n) is 7.68. The van der Waals surface area contributed by atoms with Crippen LogP contribution in [0.15, 0.2) is 48.1 Å². The van der Waals surface area contributed by atoms with E-state index >= 15 is 0 Å². The monoisotopic (exact) mass is 402 g/mol. The summed E-state index contributed by atoms with van der Waals surface area (Å²) in [6.45, 7) is 1.81. The van der Waals surface area contributed by atoms with E-state index in [9.17, 15) is 4.79 Å². The second-order valence-electron chi connectivity index (χ2n) is 9.92. The van der Waals surface area contributed by atoms with Gasteiger partial charge < -0.3 is 9.84 Å². The maximum atomic E-state index is 10.8. The number of benzene rings is 2. The molecule has 156 valence electrons. The van der Waals surface area contributed by atoms with Crippen LogP contribution >= 0.6 is 0 Å². The van der Waals surface area contributed by atoms with Crippen molar-refractivity contribution in [1.29, 1.82) is 0 Å². The lowest BCUT2D eigenvalue weighted by Gasteiger charge is -2.57. The predicted octanol–water partition coefficient (Wildman–Crippen LogP) is 6.36. The molecule has 0 aliphatic heterocycles. The summed E-state index contributed by atoms with van der Waals surface area (Å²) in [6.07, 6.45) is 13.3. The van der Waals surface area contributed by atoms with Crippen molar-refractivity contribution in [1.82, 2.24) is 0 Å². The second kappa shape index (κ2) is 7.30. The summed E-state index contributed by atoms with van der Waals surface area (Å²) < 4.78 is 5.91. The number of fused-ring (bicyclic) bond motifs is 1. The molecule has 0 heterocycles. The van der Waals surface area contributed by atoms with Crippen LogP contribution in [-0.4, -0.2) is 18.2 Å². The van der Waals surface area contributed by atoms with Crippen molar-refractivity contribution < 1.29 is 14.6 Å². The first-order chi connectivity index (χ1) is 14.4. The molecule has 0 aromatic heterocycles. The van der Waals surface area contributed by atoms with Crippen molar-refractivity contribution in [3.05, 3.63) is 59.2 Å². The zero-order chi connectivity index (χ0) is 20.9. The van der Waals surface area contributed by atoms with Crippen LogP contribution < -0.4 is 4.74 Å². The zero-order valence-corrected chi connectivity index (χ0v) is 17.9. The van der Waals surface area contributed by atoms with Gasteiger partial charge in [0.15, 0.2) is 0 Å². The molecule has 4 aliphatic rings. The van der Waals surface area contributed by atoms with Crippen LogP contribution in [0.4, 0.5) is 0 Å². The minimum absolute atomic E-state index is 0.293. The molecule has 0 unspecified atom stereocenters. The Morgan fingerprint density at radius 2 is 1.70 bits per heavy atom. The number of carboxylic acids is 1. The van der Waals surface area contributed by atoms with Gasteiger partial charge in [0.25, 0.3) is 0 Å². The Morgan fingerprint density at radius 3 is 2.30 bits per heavy atom. The van der Waals surface area contributed by atoms with E-state index in [-0.39, 0.29) is 0 Å². The molecule has 6 rings (SSSR count). The van der Waals surface area contributed by atoms with Crippen LogP contribution in [0.5, 0.6) is 5.75 Å². The van der Waals surface area contributed by atoms with Gasteiger partial charge in [-0.25, -0.2) is 4.79 Å². The molecule has 3 heteroatoms. The second-order valence-corrected chi connectivity index (χ2v) is 9.92. The van der Waals surface area contributed by atoms with E-state index in [0.717, 1.165) is 34.6 Å². The molecular formula is C27H30O3. The van der Waals surface area contributed by atoms with Crippen molar-refractivity contribution in [2.45, 2.75) is 50.9 Å². The third kappa shape index (κ3) is 3.45. The molecule has 3 nitrogen and oxygen atoms in total. The van der Waals surface area contributed by atoms with E-state index < -0.39 is 5.97 Å². The van der Waals surface area contributed by atoms with E-state index in [1.807, 2.05) is 19.1 Å². The van der Waals surface area contributed by atoms with E-state index in [2.05, 4.69) is 30.3 Å². The molecule has 2 aromatic carbocycles. The molecule has 2 aromatic rings. The van der Waals surface area contributed by atoms with Gasteiger partial charge in [0.1, 0.15) is 5.75 Å². The van der Waals surface area contributed by atoms with E-state index in [1.165, 1.54) is 60.9 Å². The summed E-state index contributed by atoms with van der Waals surface area (Å²) in [5.74, 6) is 2.83. The summed E-state index contributed by atoms with van der Waals surface area (Å²) in [7, 11) is 1.81.